The van der Waals surface area contributed by atoms with Gasteiger partial charge in [-0.1, -0.05) is 65.2 Å². The number of thioether (sulfide) groups is 1. The Balaban J connectivity index is 2.85. The lowest BCUT2D eigenvalue weighted by atomic mass is 10.1. The van der Waals surface area contributed by atoms with Gasteiger partial charge in [-0.3, -0.25) is 0 Å². The Hall–Kier alpha value is 0.310. The summed E-state index contributed by atoms with van der Waals surface area (Å²) < 4.78 is 0. The van der Waals surface area contributed by atoms with Crippen LogP contribution in [-0.2, 0) is 0 Å². The van der Waals surface area contributed by atoms with Gasteiger partial charge in [0.25, 0.3) is 0 Å². The van der Waals surface area contributed by atoms with Gasteiger partial charge < -0.3 is 5.32 Å². The predicted octanol–water partition coefficient (Wildman–Crippen LogP) is 5.21. The molecule has 0 aromatic carbocycles. The van der Waals surface area contributed by atoms with Crippen molar-refractivity contribution in [3.63, 3.8) is 0 Å². The molecule has 0 aliphatic heterocycles. The Morgan fingerprint density at radius 2 is 1.29 bits per heavy atom. The van der Waals surface area contributed by atoms with Crippen molar-refractivity contribution in [2.75, 3.05) is 18.2 Å². The van der Waals surface area contributed by atoms with Gasteiger partial charge in [0, 0.05) is 5.88 Å². The van der Waals surface area contributed by atoms with Crippen molar-refractivity contribution in [2.24, 2.45) is 0 Å². The van der Waals surface area contributed by atoms with E-state index in [2.05, 4.69) is 19.2 Å². The molecule has 1 nitrogen and oxygen atoms in total. The molecule has 1 N–H and O–H groups in total. The average molecular weight is 260 g/mol. The fourth-order valence-corrected chi connectivity index (χ4v) is 2.64. The third-order valence-corrected chi connectivity index (χ3v) is 4.11. The summed E-state index contributed by atoms with van der Waals surface area (Å²) in [7, 11) is 0. The zero-order chi connectivity index (χ0) is 12.6. The lowest BCUT2D eigenvalue weighted by molar-refractivity contribution is 0.557. The Morgan fingerprint density at radius 1 is 0.706 bits per heavy atom. The van der Waals surface area contributed by atoms with Gasteiger partial charge in [0.15, 0.2) is 0 Å². The molecule has 0 saturated carbocycles. The van der Waals surface area contributed by atoms with Crippen molar-refractivity contribution in [3.8, 4) is 0 Å². The largest absolute Gasteiger partial charge is 0.308 e. The minimum absolute atomic E-state index is 1.14. The molecule has 0 rings (SSSR count). The van der Waals surface area contributed by atoms with E-state index in [1.54, 1.807) is 0 Å². The van der Waals surface area contributed by atoms with Crippen molar-refractivity contribution in [1.29, 1.82) is 0 Å². The van der Waals surface area contributed by atoms with Crippen LogP contribution in [0.5, 0.6) is 0 Å². The second kappa shape index (κ2) is 16.3. The SMILES string of the molecule is CCCCCCCCCCCNCSCCC. The van der Waals surface area contributed by atoms with Crippen LogP contribution in [-0.4, -0.2) is 18.2 Å². The third-order valence-electron chi connectivity index (χ3n) is 3.01. The van der Waals surface area contributed by atoms with Crippen LogP contribution in [0.15, 0.2) is 0 Å². The van der Waals surface area contributed by atoms with Crippen LogP contribution in [0.4, 0.5) is 0 Å². The molecule has 0 unspecified atom stereocenters. The summed E-state index contributed by atoms with van der Waals surface area (Å²) in [5, 5.41) is 3.50. The van der Waals surface area contributed by atoms with Crippen LogP contribution >= 0.6 is 11.8 Å². The highest BCUT2D eigenvalue weighted by Crippen LogP contribution is 2.09. The molecule has 0 saturated heterocycles. The van der Waals surface area contributed by atoms with E-state index < -0.39 is 0 Å². The van der Waals surface area contributed by atoms with Gasteiger partial charge in [0.2, 0.25) is 0 Å². The molecule has 0 aromatic heterocycles. The Morgan fingerprint density at radius 3 is 1.88 bits per heavy atom. The molecular weight excluding hydrogens is 226 g/mol. The molecule has 0 radical (unpaired) electrons. The summed E-state index contributed by atoms with van der Waals surface area (Å²) in [4.78, 5) is 0. The molecule has 0 atom stereocenters. The van der Waals surface area contributed by atoms with E-state index in [4.69, 9.17) is 0 Å². The minimum Gasteiger partial charge on any atom is -0.308 e. The quantitative estimate of drug-likeness (QED) is 0.339. The van der Waals surface area contributed by atoms with E-state index in [9.17, 15) is 0 Å². The number of hydrogen-bond acceptors (Lipinski definition) is 2. The molecule has 0 amide bonds. The second-order valence-corrected chi connectivity index (χ2v) is 5.99. The van der Waals surface area contributed by atoms with Gasteiger partial charge in [-0.2, -0.15) is 0 Å². The van der Waals surface area contributed by atoms with Crippen LogP contribution in [0.1, 0.15) is 78.1 Å². The number of hydrogen-bond donors (Lipinski definition) is 1. The topological polar surface area (TPSA) is 12.0 Å². The number of rotatable bonds is 14. The van der Waals surface area contributed by atoms with Crippen molar-refractivity contribution in [2.45, 2.75) is 78.1 Å². The van der Waals surface area contributed by atoms with Gasteiger partial charge >= 0.3 is 0 Å². The second-order valence-electron chi connectivity index (χ2n) is 4.88. The molecule has 104 valence electrons. The number of unbranched alkanes of at least 4 members (excludes halogenated alkanes) is 8. The molecule has 0 heterocycles. The summed E-state index contributed by atoms with van der Waals surface area (Å²) >= 11 is 2.02. The van der Waals surface area contributed by atoms with Crippen LogP contribution in [0.3, 0.4) is 0 Å². The predicted molar refractivity (Wildman–Crippen MR) is 82.8 cm³/mol. The Labute approximate surface area is 114 Å². The highest BCUT2D eigenvalue weighted by Gasteiger charge is 1.92. The fourth-order valence-electron chi connectivity index (χ4n) is 1.92. The van der Waals surface area contributed by atoms with Crippen molar-refractivity contribution < 1.29 is 0 Å². The molecule has 2 heteroatoms. The maximum atomic E-state index is 3.50. The zero-order valence-electron chi connectivity index (χ0n) is 12.1. The zero-order valence-corrected chi connectivity index (χ0v) is 12.9. The van der Waals surface area contributed by atoms with Gasteiger partial charge in [0.05, 0.1) is 0 Å². The molecule has 17 heavy (non-hydrogen) atoms. The Kier molecular flexibility index (Phi) is 16.6. The van der Waals surface area contributed by atoms with E-state index in [1.165, 1.54) is 76.5 Å². The smallest absolute Gasteiger partial charge is 0.0417 e. The molecule has 0 aliphatic rings. The minimum atomic E-state index is 1.14. The first-order valence-corrected chi connectivity index (χ1v) is 8.85. The van der Waals surface area contributed by atoms with Crippen molar-refractivity contribution >= 4 is 11.8 Å². The lowest BCUT2D eigenvalue weighted by Crippen LogP contribution is -2.14. The summed E-state index contributed by atoms with van der Waals surface area (Å²) in [6.45, 7) is 5.74. The third kappa shape index (κ3) is 16.3. The molecule has 0 bridgehead atoms. The summed E-state index contributed by atoms with van der Waals surface area (Å²) in [6, 6.07) is 0. The maximum Gasteiger partial charge on any atom is 0.0417 e. The van der Waals surface area contributed by atoms with Crippen LogP contribution in [0, 0.1) is 0 Å². The van der Waals surface area contributed by atoms with Crippen LogP contribution in [0.2, 0.25) is 0 Å². The van der Waals surface area contributed by atoms with Gasteiger partial charge in [0.1, 0.15) is 0 Å². The molecule has 0 fully saturated rings. The highest BCUT2D eigenvalue weighted by atomic mass is 32.2. The van der Waals surface area contributed by atoms with E-state index in [0.29, 0.717) is 0 Å². The molecule has 0 spiro atoms. The normalized spacial score (nSPS) is 10.9. The van der Waals surface area contributed by atoms with E-state index in [-0.39, 0.29) is 0 Å². The van der Waals surface area contributed by atoms with E-state index in [0.717, 1.165) is 5.88 Å². The Bertz CT molecular complexity index is 114. The maximum absolute atomic E-state index is 3.50. The summed E-state index contributed by atoms with van der Waals surface area (Å²) in [5.41, 5.74) is 0. The standard InChI is InChI=1S/C15H33NS/c1-3-5-6-7-8-9-10-11-12-13-16-15-17-14-4-2/h16H,3-15H2,1-2H3. The van der Waals surface area contributed by atoms with Crippen molar-refractivity contribution in [3.05, 3.63) is 0 Å². The fraction of sp³-hybridized carbons (Fsp3) is 1.00. The average Bonchev–Trinajstić information content (AvgIpc) is 2.35. The first-order valence-electron chi connectivity index (χ1n) is 7.70. The number of nitrogens with one attached hydrogen (secondary N) is 1. The van der Waals surface area contributed by atoms with Crippen LogP contribution < -0.4 is 5.32 Å². The first-order chi connectivity index (χ1) is 8.41. The molecular formula is C15H33NS. The molecule has 0 aromatic rings. The molecule has 0 aliphatic carbocycles. The highest BCUT2D eigenvalue weighted by molar-refractivity contribution is 7.99. The first kappa shape index (κ1) is 17.3. The summed E-state index contributed by atoms with van der Waals surface area (Å²) in [6.07, 6.45) is 14.1. The van der Waals surface area contributed by atoms with Gasteiger partial charge in [-0.15, -0.1) is 11.8 Å². The lowest BCUT2D eigenvalue weighted by Gasteiger charge is -2.04. The summed E-state index contributed by atoms with van der Waals surface area (Å²) in [5.74, 6) is 2.44. The van der Waals surface area contributed by atoms with Gasteiger partial charge in [-0.05, 0) is 25.1 Å². The monoisotopic (exact) mass is 259 g/mol. The van der Waals surface area contributed by atoms with E-state index >= 15 is 0 Å². The van der Waals surface area contributed by atoms with E-state index in [1.807, 2.05) is 11.8 Å². The van der Waals surface area contributed by atoms with Gasteiger partial charge in [-0.25, -0.2) is 0 Å². The van der Waals surface area contributed by atoms with Crippen LogP contribution in [0.25, 0.3) is 0 Å². The van der Waals surface area contributed by atoms with Crippen molar-refractivity contribution in [1.82, 2.24) is 5.32 Å².